The highest BCUT2D eigenvalue weighted by Gasteiger charge is 2.19. The summed E-state index contributed by atoms with van der Waals surface area (Å²) in [4.78, 5) is 23.1. The molecule has 0 aliphatic carbocycles. The third-order valence-corrected chi connectivity index (χ3v) is 4.87. The van der Waals surface area contributed by atoms with E-state index in [4.69, 9.17) is 21.6 Å². The van der Waals surface area contributed by atoms with Crippen LogP contribution in [0.2, 0.25) is 5.02 Å². The Kier molecular flexibility index (Phi) is 6.90. The summed E-state index contributed by atoms with van der Waals surface area (Å²) in [6, 6.07) is 13.7. The van der Waals surface area contributed by atoms with Gasteiger partial charge in [-0.15, -0.1) is 0 Å². The van der Waals surface area contributed by atoms with Gasteiger partial charge in [0.1, 0.15) is 12.6 Å². The third kappa shape index (κ3) is 6.07. The topological polar surface area (TPSA) is 125 Å². The molecule has 140 valence electrons. The minimum Gasteiger partial charge on any atom is -0.455 e. The number of carbonyl (C=O) groups excluding carboxylic acids is 2. The van der Waals surface area contributed by atoms with E-state index in [1.165, 1.54) is 30.3 Å². The fourth-order valence-corrected chi connectivity index (χ4v) is 3.30. The van der Waals surface area contributed by atoms with Crippen molar-refractivity contribution in [2.24, 2.45) is 0 Å². The van der Waals surface area contributed by atoms with Gasteiger partial charge in [-0.2, -0.15) is 9.98 Å². The summed E-state index contributed by atoms with van der Waals surface area (Å²) >= 11 is 5.79. The van der Waals surface area contributed by atoms with E-state index in [1.54, 1.807) is 24.3 Å². The van der Waals surface area contributed by atoms with Crippen molar-refractivity contribution in [3.8, 4) is 6.07 Å². The predicted octanol–water partition coefficient (Wildman–Crippen LogP) is 1.67. The minimum atomic E-state index is -4.08. The lowest BCUT2D eigenvalue weighted by Gasteiger charge is -2.09. The third-order valence-electron chi connectivity index (χ3n) is 3.18. The second kappa shape index (κ2) is 9.14. The van der Waals surface area contributed by atoms with Crippen LogP contribution in [0.4, 0.5) is 5.69 Å². The van der Waals surface area contributed by atoms with E-state index >= 15 is 0 Å². The summed E-state index contributed by atoms with van der Waals surface area (Å²) in [5.74, 6) is -1.56. The fraction of sp³-hybridized carbons (Fsp3) is 0.118. The highest BCUT2D eigenvalue weighted by atomic mass is 35.5. The van der Waals surface area contributed by atoms with Crippen LogP contribution in [0.25, 0.3) is 0 Å². The number of nitrogens with zero attached hydrogens (tertiary/aromatic N) is 1. The van der Waals surface area contributed by atoms with Crippen LogP contribution < -0.4 is 10.0 Å². The van der Waals surface area contributed by atoms with Crippen molar-refractivity contribution < 1.29 is 22.7 Å². The SMILES string of the molecule is N#Cc1ccccc1S(=O)(=O)NCC(=O)OCC(=O)Nc1cccc(Cl)c1. The number of amides is 1. The molecule has 2 aromatic rings. The number of carbonyl (C=O) groups is 2. The maximum absolute atomic E-state index is 12.2. The zero-order valence-electron chi connectivity index (χ0n) is 13.8. The van der Waals surface area contributed by atoms with E-state index in [-0.39, 0.29) is 10.5 Å². The van der Waals surface area contributed by atoms with Gasteiger partial charge in [0.2, 0.25) is 10.0 Å². The van der Waals surface area contributed by atoms with Gasteiger partial charge in [-0.05, 0) is 30.3 Å². The average molecular weight is 408 g/mol. The number of ether oxygens (including phenoxy) is 1. The minimum absolute atomic E-state index is 0.0562. The molecule has 0 aliphatic heterocycles. The Bertz CT molecular complexity index is 1000. The van der Waals surface area contributed by atoms with Crippen molar-refractivity contribution in [1.29, 1.82) is 5.26 Å². The first-order valence-electron chi connectivity index (χ1n) is 7.51. The normalized spacial score (nSPS) is 10.7. The van der Waals surface area contributed by atoms with E-state index in [2.05, 4.69) is 5.32 Å². The summed E-state index contributed by atoms with van der Waals surface area (Å²) in [5, 5.41) is 11.9. The molecule has 0 radical (unpaired) electrons. The Balaban J connectivity index is 1.85. The number of halogens is 1. The molecule has 1 amide bonds. The molecule has 0 aromatic heterocycles. The van der Waals surface area contributed by atoms with Gasteiger partial charge in [-0.3, -0.25) is 9.59 Å². The lowest BCUT2D eigenvalue weighted by molar-refractivity contribution is -0.146. The molecule has 27 heavy (non-hydrogen) atoms. The van der Waals surface area contributed by atoms with Crippen molar-refractivity contribution in [2.75, 3.05) is 18.5 Å². The van der Waals surface area contributed by atoms with Crippen molar-refractivity contribution in [1.82, 2.24) is 4.72 Å². The van der Waals surface area contributed by atoms with Crippen molar-refractivity contribution in [3.05, 3.63) is 59.1 Å². The second-order valence-corrected chi connectivity index (χ2v) is 7.32. The number of anilines is 1. The number of rotatable bonds is 7. The zero-order valence-corrected chi connectivity index (χ0v) is 15.4. The van der Waals surface area contributed by atoms with Crippen LogP contribution in [0.15, 0.2) is 53.4 Å². The van der Waals surface area contributed by atoms with E-state index in [0.29, 0.717) is 10.7 Å². The summed E-state index contributed by atoms with van der Waals surface area (Å²) in [7, 11) is -4.08. The van der Waals surface area contributed by atoms with Crippen LogP contribution >= 0.6 is 11.6 Å². The monoisotopic (exact) mass is 407 g/mol. The van der Waals surface area contributed by atoms with Gasteiger partial charge in [-0.1, -0.05) is 29.8 Å². The Morgan fingerprint density at radius 1 is 1.15 bits per heavy atom. The molecule has 0 aliphatic rings. The lowest BCUT2D eigenvalue weighted by atomic mass is 10.2. The molecular formula is C17H14ClN3O5S. The van der Waals surface area contributed by atoms with Gasteiger partial charge in [0.05, 0.1) is 10.5 Å². The average Bonchev–Trinajstić information content (AvgIpc) is 2.64. The first kappa shape index (κ1) is 20.4. The van der Waals surface area contributed by atoms with Crippen LogP contribution in [0.1, 0.15) is 5.56 Å². The number of benzene rings is 2. The second-order valence-electron chi connectivity index (χ2n) is 5.15. The summed E-state index contributed by atoms with van der Waals surface area (Å²) in [5.41, 5.74) is 0.372. The van der Waals surface area contributed by atoms with Gasteiger partial charge in [0.25, 0.3) is 5.91 Å². The Morgan fingerprint density at radius 3 is 2.59 bits per heavy atom. The van der Waals surface area contributed by atoms with Crippen LogP contribution in [0, 0.1) is 11.3 Å². The Hall–Kier alpha value is -2.93. The lowest BCUT2D eigenvalue weighted by Crippen LogP contribution is -2.32. The van der Waals surface area contributed by atoms with E-state index in [9.17, 15) is 18.0 Å². The molecule has 2 N–H and O–H groups in total. The molecule has 0 heterocycles. The Morgan fingerprint density at radius 2 is 1.89 bits per heavy atom. The molecule has 0 atom stereocenters. The van der Waals surface area contributed by atoms with Crippen LogP contribution in [-0.2, 0) is 24.3 Å². The van der Waals surface area contributed by atoms with Gasteiger partial charge in [0, 0.05) is 10.7 Å². The molecule has 0 saturated heterocycles. The molecule has 0 fully saturated rings. The van der Waals surface area contributed by atoms with Crippen LogP contribution in [-0.4, -0.2) is 33.4 Å². The number of nitriles is 1. The van der Waals surface area contributed by atoms with E-state index in [1.807, 2.05) is 4.72 Å². The molecule has 2 aromatic carbocycles. The summed E-state index contributed by atoms with van der Waals surface area (Å²) in [6.45, 7) is -1.28. The maximum Gasteiger partial charge on any atom is 0.321 e. The molecule has 0 spiro atoms. The number of hydrogen-bond acceptors (Lipinski definition) is 6. The first-order valence-corrected chi connectivity index (χ1v) is 9.38. The number of hydrogen-bond donors (Lipinski definition) is 2. The molecule has 2 rings (SSSR count). The van der Waals surface area contributed by atoms with Gasteiger partial charge in [-0.25, -0.2) is 8.42 Å². The van der Waals surface area contributed by atoms with Gasteiger partial charge in [0.15, 0.2) is 6.61 Å². The molecule has 0 saturated carbocycles. The highest BCUT2D eigenvalue weighted by Crippen LogP contribution is 2.15. The summed E-state index contributed by atoms with van der Waals surface area (Å²) in [6.07, 6.45) is 0. The van der Waals surface area contributed by atoms with Crippen molar-refractivity contribution in [2.45, 2.75) is 4.90 Å². The molecular weight excluding hydrogens is 394 g/mol. The molecule has 8 nitrogen and oxygen atoms in total. The van der Waals surface area contributed by atoms with Crippen LogP contribution in [0.3, 0.4) is 0 Å². The molecule has 0 unspecified atom stereocenters. The summed E-state index contributed by atoms with van der Waals surface area (Å²) < 4.78 is 31.1. The first-order chi connectivity index (χ1) is 12.8. The van der Waals surface area contributed by atoms with Crippen molar-refractivity contribution >= 4 is 39.2 Å². The van der Waals surface area contributed by atoms with Crippen molar-refractivity contribution in [3.63, 3.8) is 0 Å². The number of nitrogens with one attached hydrogen (secondary N) is 2. The standard InChI is InChI=1S/C17H14ClN3O5S/c18-13-5-3-6-14(8-13)21-16(22)11-26-17(23)10-20-27(24,25)15-7-2-1-4-12(15)9-19/h1-8,20H,10-11H2,(H,21,22). The zero-order chi connectivity index (χ0) is 19.9. The van der Waals surface area contributed by atoms with Crippen LogP contribution in [0.5, 0.6) is 0 Å². The molecule has 10 heteroatoms. The Labute approximate surface area is 160 Å². The molecule has 0 bridgehead atoms. The quantitative estimate of drug-likeness (QED) is 0.672. The maximum atomic E-state index is 12.2. The largest absolute Gasteiger partial charge is 0.455 e. The fourth-order valence-electron chi connectivity index (χ4n) is 1.99. The van der Waals surface area contributed by atoms with Gasteiger partial charge >= 0.3 is 5.97 Å². The predicted molar refractivity (Wildman–Crippen MR) is 97.4 cm³/mol. The van der Waals surface area contributed by atoms with E-state index < -0.39 is 35.1 Å². The number of sulfonamides is 1. The van der Waals surface area contributed by atoms with E-state index in [0.717, 1.165) is 0 Å². The number of esters is 1. The highest BCUT2D eigenvalue weighted by molar-refractivity contribution is 7.89. The van der Waals surface area contributed by atoms with Gasteiger partial charge < -0.3 is 10.1 Å². The smallest absolute Gasteiger partial charge is 0.321 e.